The van der Waals surface area contributed by atoms with Gasteiger partial charge in [-0.2, -0.15) is 8.78 Å². The normalized spacial score (nSPS) is 17.4. The number of carbonyl (C=O) groups is 1. The first-order valence-corrected chi connectivity index (χ1v) is 7.02. The highest BCUT2D eigenvalue weighted by atomic mass is 19.3. The second kappa shape index (κ2) is 6.76. The van der Waals surface area contributed by atoms with Gasteiger partial charge in [-0.1, -0.05) is 0 Å². The highest BCUT2D eigenvalue weighted by molar-refractivity contribution is 5.85. The highest BCUT2D eigenvalue weighted by Crippen LogP contribution is 2.35. The van der Waals surface area contributed by atoms with Crippen molar-refractivity contribution >= 4 is 17.3 Å². The van der Waals surface area contributed by atoms with Gasteiger partial charge in [0.25, 0.3) is 0 Å². The largest absolute Gasteiger partial charge is 0.427 e. The van der Waals surface area contributed by atoms with Gasteiger partial charge in [-0.3, -0.25) is 14.9 Å². The minimum absolute atomic E-state index is 0.0998. The maximum atomic E-state index is 12.5. The predicted molar refractivity (Wildman–Crippen MR) is 78.8 cm³/mol. The molecule has 0 N–H and O–H groups in total. The number of hydrogen-bond donors (Lipinski definition) is 0. The van der Waals surface area contributed by atoms with Crippen LogP contribution in [-0.2, 0) is 4.79 Å². The monoisotopic (exact) mass is 329 g/mol. The van der Waals surface area contributed by atoms with E-state index in [2.05, 4.69) is 4.74 Å². The number of nitrogens with zero attached hydrogens (tertiary/aromatic N) is 3. The van der Waals surface area contributed by atoms with Crippen LogP contribution >= 0.6 is 0 Å². The van der Waals surface area contributed by atoms with E-state index in [1.807, 2.05) is 0 Å². The van der Waals surface area contributed by atoms with E-state index < -0.39 is 29.0 Å². The molecule has 1 saturated heterocycles. The number of likely N-dealkylation sites (N-methyl/N-ethyl adjacent to an activating group) is 1. The molecule has 1 atom stereocenters. The van der Waals surface area contributed by atoms with Gasteiger partial charge in [0.05, 0.1) is 4.92 Å². The zero-order chi connectivity index (χ0) is 17.1. The fourth-order valence-electron chi connectivity index (χ4n) is 2.65. The van der Waals surface area contributed by atoms with Gasteiger partial charge < -0.3 is 14.5 Å². The van der Waals surface area contributed by atoms with E-state index in [-0.39, 0.29) is 5.91 Å². The van der Waals surface area contributed by atoms with Gasteiger partial charge in [0, 0.05) is 38.5 Å². The summed E-state index contributed by atoms with van der Waals surface area (Å²) in [4.78, 5) is 25.5. The molecular formula is C14H17F2N3O4. The molecule has 9 heteroatoms. The number of ether oxygens (including phenoxy) is 1. The summed E-state index contributed by atoms with van der Waals surface area (Å²) in [6.07, 6.45) is 1.41. The van der Waals surface area contributed by atoms with Crippen molar-refractivity contribution in [1.29, 1.82) is 0 Å². The van der Waals surface area contributed by atoms with Gasteiger partial charge in [0.2, 0.25) is 11.7 Å². The molecule has 1 aliphatic rings. The molecule has 0 aliphatic carbocycles. The lowest BCUT2D eigenvalue weighted by atomic mass is 10.1. The minimum Gasteiger partial charge on any atom is -0.427 e. The zero-order valence-electron chi connectivity index (χ0n) is 12.7. The van der Waals surface area contributed by atoms with E-state index in [4.69, 9.17) is 0 Å². The number of halogens is 2. The SMILES string of the molecule is CN(C)C(=O)[C@@H]1CCCN1c1ccc([N+](=O)[O-])c(OC(F)F)c1. The Bertz CT molecular complexity index is 610. The minimum atomic E-state index is -3.17. The summed E-state index contributed by atoms with van der Waals surface area (Å²) in [6, 6.07) is 3.33. The molecule has 0 unspecified atom stereocenters. The molecule has 1 aromatic rings. The van der Waals surface area contributed by atoms with E-state index in [1.165, 1.54) is 17.0 Å². The molecule has 126 valence electrons. The summed E-state index contributed by atoms with van der Waals surface area (Å²) in [7, 11) is 3.28. The molecule has 1 fully saturated rings. The Morgan fingerprint density at radius 3 is 2.74 bits per heavy atom. The van der Waals surface area contributed by atoms with Crippen LogP contribution in [0.5, 0.6) is 5.75 Å². The van der Waals surface area contributed by atoms with Crippen molar-refractivity contribution < 1.29 is 23.2 Å². The third-order valence-electron chi connectivity index (χ3n) is 3.67. The lowest BCUT2D eigenvalue weighted by Crippen LogP contribution is -2.42. The molecule has 0 radical (unpaired) electrons. The number of amides is 1. The molecule has 0 aromatic heterocycles. The summed E-state index contributed by atoms with van der Waals surface area (Å²) in [5.41, 5.74) is -0.0901. The first-order valence-electron chi connectivity index (χ1n) is 7.02. The summed E-state index contributed by atoms with van der Waals surface area (Å²) in [5, 5.41) is 10.9. The number of nitro benzene ring substituents is 1. The maximum absolute atomic E-state index is 12.5. The Hall–Kier alpha value is -2.45. The molecule has 1 amide bonds. The van der Waals surface area contributed by atoms with Crippen molar-refractivity contribution in [3.05, 3.63) is 28.3 Å². The molecule has 1 aromatic carbocycles. The Morgan fingerprint density at radius 1 is 1.48 bits per heavy atom. The highest BCUT2D eigenvalue weighted by Gasteiger charge is 2.33. The fraction of sp³-hybridized carbons (Fsp3) is 0.500. The van der Waals surface area contributed by atoms with Crippen LogP contribution in [0.15, 0.2) is 18.2 Å². The van der Waals surface area contributed by atoms with E-state index in [0.717, 1.165) is 12.5 Å². The molecule has 0 bridgehead atoms. The van der Waals surface area contributed by atoms with E-state index in [9.17, 15) is 23.7 Å². The van der Waals surface area contributed by atoms with Gasteiger partial charge in [-0.05, 0) is 18.9 Å². The Balaban J connectivity index is 2.35. The van der Waals surface area contributed by atoms with Gasteiger partial charge in [-0.15, -0.1) is 0 Å². The van der Waals surface area contributed by atoms with Crippen molar-refractivity contribution in [3.8, 4) is 5.75 Å². The first-order chi connectivity index (χ1) is 10.8. The number of carbonyl (C=O) groups excluding carboxylic acids is 1. The Morgan fingerprint density at radius 2 is 2.17 bits per heavy atom. The molecule has 1 aliphatic heterocycles. The van der Waals surface area contributed by atoms with Crippen LogP contribution in [0.2, 0.25) is 0 Å². The van der Waals surface area contributed by atoms with Crippen molar-refractivity contribution in [2.24, 2.45) is 0 Å². The van der Waals surface area contributed by atoms with Crippen LogP contribution in [-0.4, -0.2) is 49.0 Å². The molecule has 1 heterocycles. The lowest BCUT2D eigenvalue weighted by molar-refractivity contribution is -0.386. The summed E-state index contributed by atoms with van der Waals surface area (Å²) in [6.45, 7) is -2.60. The first kappa shape index (κ1) is 16.9. The summed E-state index contributed by atoms with van der Waals surface area (Å²) < 4.78 is 29.2. The van der Waals surface area contributed by atoms with Crippen LogP contribution in [0, 0.1) is 10.1 Å². The smallest absolute Gasteiger partial charge is 0.387 e. The second-order valence-corrected chi connectivity index (χ2v) is 5.37. The average molecular weight is 329 g/mol. The standard InChI is InChI=1S/C14H17F2N3O4/c1-17(2)13(20)11-4-3-7-18(11)9-5-6-10(19(21)22)12(8-9)23-14(15)16/h5-6,8,11,14H,3-4,7H2,1-2H3/t11-/m0/s1. The van der Waals surface area contributed by atoms with Crippen molar-refractivity contribution in [2.45, 2.75) is 25.5 Å². The van der Waals surface area contributed by atoms with E-state index >= 15 is 0 Å². The number of benzene rings is 1. The quantitative estimate of drug-likeness (QED) is 0.612. The van der Waals surface area contributed by atoms with Crippen molar-refractivity contribution in [2.75, 3.05) is 25.5 Å². The lowest BCUT2D eigenvalue weighted by Gasteiger charge is -2.28. The van der Waals surface area contributed by atoms with Crippen LogP contribution in [0.25, 0.3) is 0 Å². The van der Waals surface area contributed by atoms with Gasteiger partial charge in [0.1, 0.15) is 6.04 Å². The number of anilines is 1. The third kappa shape index (κ3) is 3.66. The number of rotatable bonds is 5. The molecule has 7 nitrogen and oxygen atoms in total. The molecule has 0 saturated carbocycles. The molecular weight excluding hydrogens is 312 g/mol. The van der Waals surface area contributed by atoms with Gasteiger partial charge in [-0.25, -0.2) is 0 Å². The number of nitro groups is 1. The Labute approximate surface area is 131 Å². The summed E-state index contributed by atoms with van der Waals surface area (Å²) in [5.74, 6) is -0.609. The third-order valence-corrected chi connectivity index (χ3v) is 3.67. The predicted octanol–water partition coefficient (Wildman–Crippen LogP) is 2.25. The maximum Gasteiger partial charge on any atom is 0.387 e. The molecule has 2 rings (SSSR count). The van der Waals surface area contributed by atoms with Crippen LogP contribution in [0.4, 0.5) is 20.2 Å². The molecule has 0 spiro atoms. The van der Waals surface area contributed by atoms with Crippen LogP contribution in [0.3, 0.4) is 0 Å². The number of hydrogen-bond acceptors (Lipinski definition) is 5. The van der Waals surface area contributed by atoms with E-state index in [1.54, 1.807) is 19.0 Å². The van der Waals surface area contributed by atoms with Crippen molar-refractivity contribution in [3.63, 3.8) is 0 Å². The van der Waals surface area contributed by atoms with Crippen LogP contribution < -0.4 is 9.64 Å². The van der Waals surface area contributed by atoms with Gasteiger partial charge in [0.15, 0.2) is 0 Å². The van der Waals surface area contributed by atoms with Crippen LogP contribution in [0.1, 0.15) is 12.8 Å². The fourth-order valence-corrected chi connectivity index (χ4v) is 2.65. The summed E-state index contributed by atoms with van der Waals surface area (Å²) >= 11 is 0. The average Bonchev–Trinajstić information content (AvgIpc) is 2.94. The Kier molecular flexibility index (Phi) is 4.97. The topological polar surface area (TPSA) is 75.9 Å². The zero-order valence-corrected chi connectivity index (χ0v) is 12.7. The van der Waals surface area contributed by atoms with E-state index in [0.29, 0.717) is 18.7 Å². The van der Waals surface area contributed by atoms with Gasteiger partial charge >= 0.3 is 12.3 Å². The van der Waals surface area contributed by atoms with Crippen molar-refractivity contribution in [1.82, 2.24) is 4.90 Å². The molecule has 23 heavy (non-hydrogen) atoms. The number of alkyl halides is 2. The second-order valence-electron chi connectivity index (χ2n) is 5.37.